The van der Waals surface area contributed by atoms with E-state index >= 15 is 0 Å². The summed E-state index contributed by atoms with van der Waals surface area (Å²) >= 11 is 0. The Morgan fingerprint density at radius 3 is 2.46 bits per heavy atom. The van der Waals surface area contributed by atoms with Crippen LogP contribution < -0.4 is 4.90 Å². The molecule has 1 fully saturated rings. The lowest BCUT2D eigenvalue weighted by Gasteiger charge is -2.34. The molecule has 24 heavy (non-hydrogen) atoms. The number of imidazole rings is 1. The molecule has 0 atom stereocenters. The van der Waals surface area contributed by atoms with Gasteiger partial charge in [-0.25, -0.2) is 9.37 Å². The molecule has 1 aliphatic rings. The summed E-state index contributed by atoms with van der Waals surface area (Å²) < 4.78 is 16.5. The number of halogens is 1. The molecular formula is C19H21FN4. The summed E-state index contributed by atoms with van der Waals surface area (Å²) in [5.41, 5.74) is 3.52. The number of benzene rings is 2. The number of likely N-dealkylation sites (N-methyl/N-ethyl adjacent to an activating group) is 1. The fourth-order valence-electron chi connectivity index (χ4n) is 3.33. The number of nitrogens with zero attached hydrogens (tertiary/aromatic N) is 4. The third-order valence-electron chi connectivity index (χ3n) is 4.85. The minimum Gasteiger partial charge on any atom is -0.369 e. The van der Waals surface area contributed by atoms with E-state index in [-0.39, 0.29) is 5.82 Å². The van der Waals surface area contributed by atoms with Crippen LogP contribution in [-0.4, -0.2) is 47.7 Å². The van der Waals surface area contributed by atoms with Crippen molar-refractivity contribution in [2.45, 2.75) is 0 Å². The number of hydrogen-bond donors (Lipinski definition) is 0. The van der Waals surface area contributed by atoms with Crippen LogP contribution in [0, 0.1) is 5.82 Å². The summed E-state index contributed by atoms with van der Waals surface area (Å²) in [6, 6.07) is 13.3. The molecule has 124 valence electrons. The van der Waals surface area contributed by atoms with Crippen LogP contribution in [0.1, 0.15) is 0 Å². The predicted octanol–water partition coefficient (Wildman–Crippen LogP) is 3.13. The average molecular weight is 324 g/mol. The van der Waals surface area contributed by atoms with Crippen molar-refractivity contribution in [1.29, 1.82) is 0 Å². The third-order valence-corrected chi connectivity index (χ3v) is 4.85. The molecule has 1 aromatic heterocycles. The van der Waals surface area contributed by atoms with E-state index in [1.807, 2.05) is 48.0 Å². The maximum Gasteiger partial charge on any atom is 0.143 e. The number of hydrogen-bond acceptors (Lipinski definition) is 3. The Labute approximate surface area is 141 Å². The number of aryl methyl sites for hydroxylation is 1. The standard InChI is InChI=1S/C19H21FN4/c1-22-9-11-24(12-10-22)14-7-8-16(20)15(13-14)19-21-17-5-3-4-6-18(17)23(19)2/h3-8,13H,9-12H2,1-2H3. The molecule has 0 unspecified atom stereocenters. The number of aromatic nitrogens is 2. The minimum absolute atomic E-state index is 0.230. The van der Waals surface area contributed by atoms with Gasteiger partial charge in [0.1, 0.15) is 11.6 Å². The molecule has 5 heteroatoms. The number of piperazine rings is 1. The van der Waals surface area contributed by atoms with E-state index in [0.29, 0.717) is 11.4 Å². The summed E-state index contributed by atoms with van der Waals surface area (Å²) in [6.07, 6.45) is 0. The summed E-state index contributed by atoms with van der Waals surface area (Å²) in [7, 11) is 4.07. The van der Waals surface area contributed by atoms with Crippen LogP contribution in [-0.2, 0) is 7.05 Å². The molecule has 0 bridgehead atoms. The predicted molar refractivity (Wildman–Crippen MR) is 95.8 cm³/mol. The SMILES string of the molecule is CN1CCN(c2ccc(F)c(-c3nc4ccccc4n3C)c2)CC1. The number of fused-ring (bicyclic) bond motifs is 1. The highest BCUT2D eigenvalue weighted by Crippen LogP contribution is 2.29. The third kappa shape index (κ3) is 2.55. The van der Waals surface area contributed by atoms with Crippen LogP contribution in [0.2, 0.25) is 0 Å². The molecule has 2 aromatic carbocycles. The van der Waals surface area contributed by atoms with Crippen molar-refractivity contribution in [3.63, 3.8) is 0 Å². The minimum atomic E-state index is -0.230. The normalized spacial score (nSPS) is 16.0. The van der Waals surface area contributed by atoms with Crippen molar-refractivity contribution in [3.8, 4) is 11.4 Å². The summed E-state index contributed by atoms with van der Waals surface area (Å²) in [5.74, 6) is 0.441. The van der Waals surface area contributed by atoms with Gasteiger partial charge in [0.2, 0.25) is 0 Å². The van der Waals surface area contributed by atoms with Crippen LogP contribution >= 0.6 is 0 Å². The van der Waals surface area contributed by atoms with Gasteiger partial charge >= 0.3 is 0 Å². The first-order chi connectivity index (χ1) is 11.6. The fourth-order valence-corrected chi connectivity index (χ4v) is 3.33. The second-order valence-corrected chi connectivity index (χ2v) is 6.44. The molecule has 0 aliphatic carbocycles. The van der Waals surface area contributed by atoms with E-state index in [9.17, 15) is 4.39 Å². The van der Waals surface area contributed by atoms with Gasteiger partial charge in [-0.2, -0.15) is 0 Å². The molecule has 0 spiro atoms. The van der Waals surface area contributed by atoms with Gasteiger partial charge in [-0.05, 0) is 37.4 Å². The lowest BCUT2D eigenvalue weighted by atomic mass is 10.1. The second kappa shape index (κ2) is 5.91. The van der Waals surface area contributed by atoms with Gasteiger partial charge in [-0.15, -0.1) is 0 Å². The van der Waals surface area contributed by atoms with Crippen molar-refractivity contribution in [2.24, 2.45) is 7.05 Å². The van der Waals surface area contributed by atoms with E-state index in [2.05, 4.69) is 21.8 Å². The number of rotatable bonds is 2. The van der Waals surface area contributed by atoms with Crippen LogP contribution in [0.25, 0.3) is 22.4 Å². The summed E-state index contributed by atoms with van der Waals surface area (Å²) in [5, 5.41) is 0. The molecule has 1 aliphatic heterocycles. The topological polar surface area (TPSA) is 24.3 Å². The summed E-state index contributed by atoms with van der Waals surface area (Å²) in [4.78, 5) is 9.26. The van der Waals surface area contributed by atoms with Crippen molar-refractivity contribution >= 4 is 16.7 Å². The van der Waals surface area contributed by atoms with E-state index in [4.69, 9.17) is 0 Å². The van der Waals surface area contributed by atoms with E-state index in [0.717, 1.165) is 42.9 Å². The van der Waals surface area contributed by atoms with Crippen molar-refractivity contribution in [2.75, 3.05) is 38.1 Å². The highest BCUT2D eigenvalue weighted by Gasteiger charge is 2.18. The average Bonchev–Trinajstić information content (AvgIpc) is 2.93. The maximum absolute atomic E-state index is 14.5. The second-order valence-electron chi connectivity index (χ2n) is 6.44. The summed E-state index contributed by atoms with van der Waals surface area (Å²) in [6.45, 7) is 3.98. The van der Waals surface area contributed by atoms with Gasteiger partial charge in [0.25, 0.3) is 0 Å². The molecule has 3 aromatic rings. The molecule has 0 radical (unpaired) electrons. The van der Waals surface area contributed by atoms with Crippen molar-refractivity contribution in [1.82, 2.24) is 14.5 Å². The zero-order chi connectivity index (χ0) is 16.7. The molecule has 4 rings (SSSR count). The lowest BCUT2D eigenvalue weighted by molar-refractivity contribution is 0.313. The molecule has 0 amide bonds. The molecular weight excluding hydrogens is 303 g/mol. The zero-order valence-electron chi connectivity index (χ0n) is 14.0. The Balaban J connectivity index is 1.77. The van der Waals surface area contributed by atoms with E-state index in [1.165, 1.54) is 0 Å². The Hall–Kier alpha value is -2.40. The zero-order valence-corrected chi connectivity index (χ0v) is 14.0. The Morgan fingerprint density at radius 2 is 1.71 bits per heavy atom. The van der Waals surface area contributed by atoms with Gasteiger partial charge in [-0.3, -0.25) is 0 Å². The van der Waals surface area contributed by atoms with Gasteiger partial charge in [0, 0.05) is 38.9 Å². The Morgan fingerprint density at radius 1 is 0.958 bits per heavy atom. The first-order valence-electron chi connectivity index (χ1n) is 8.28. The molecule has 2 heterocycles. The van der Waals surface area contributed by atoms with Gasteiger partial charge in [-0.1, -0.05) is 12.1 Å². The highest BCUT2D eigenvalue weighted by molar-refractivity contribution is 5.81. The molecule has 4 nitrogen and oxygen atoms in total. The van der Waals surface area contributed by atoms with Crippen molar-refractivity contribution in [3.05, 3.63) is 48.3 Å². The number of para-hydroxylation sites is 2. The first-order valence-corrected chi connectivity index (χ1v) is 8.28. The molecule has 0 saturated carbocycles. The van der Waals surface area contributed by atoms with Crippen molar-refractivity contribution < 1.29 is 4.39 Å². The monoisotopic (exact) mass is 324 g/mol. The first kappa shape index (κ1) is 15.1. The van der Waals surface area contributed by atoms with Crippen LogP contribution in [0.15, 0.2) is 42.5 Å². The molecule has 1 saturated heterocycles. The quantitative estimate of drug-likeness (QED) is 0.724. The van der Waals surface area contributed by atoms with Gasteiger partial charge in [0.15, 0.2) is 0 Å². The van der Waals surface area contributed by atoms with Crippen LogP contribution in [0.5, 0.6) is 0 Å². The Bertz CT molecular complexity index is 878. The van der Waals surface area contributed by atoms with Gasteiger partial charge in [0.05, 0.1) is 16.6 Å². The maximum atomic E-state index is 14.5. The highest BCUT2D eigenvalue weighted by atomic mass is 19.1. The van der Waals surface area contributed by atoms with E-state index < -0.39 is 0 Å². The number of anilines is 1. The van der Waals surface area contributed by atoms with Crippen LogP contribution in [0.4, 0.5) is 10.1 Å². The van der Waals surface area contributed by atoms with E-state index in [1.54, 1.807) is 6.07 Å². The Kier molecular flexibility index (Phi) is 3.73. The smallest absolute Gasteiger partial charge is 0.143 e. The van der Waals surface area contributed by atoms with Gasteiger partial charge < -0.3 is 14.4 Å². The molecule has 0 N–H and O–H groups in total. The lowest BCUT2D eigenvalue weighted by Crippen LogP contribution is -2.44. The fraction of sp³-hybridized carbons (Fsp3) is 0.316. The largest absolute Gasteiger partial charge is 0.369 e. The van der Waals surface area contributed by atoms with Crippen LogP contribution in [0.3, 0.4) is 0 Å².